The molecule has 1 aromatic heterocycles. The summed E-state index contributed by atoms with van der Waals surface area (Å²) in [4.78, 5) is 15.5. The average molecular weight is 253 g/mol. The monoisotopic (exact) mass is 253 g/mol. The number of nitrogens with two attached hydrogens (primary N) is 1. The highest BCUT2D eigenvalue weighted by atomic mass is 32.2. The molecule has 0 fully saturated rings. The van der Waals surface area contributed by atoms with Gasteiger partial charge in [0.25, 0.3) is 0 Å². The summed E-state index contributed by atoms with van der Waals surface area (Å²) in [6, 6.07) is 5.62. The van der Waals surface area contributed by atoms with Crippen LogP contribution in [0.2, 0.25) is 0 Å². The second kappa shape index (κ2) is 4.71. The van der Waals surface area contributed by atoms with Gasteiger partial charge in [0.2, 0.25) is 5.91 Å². The molecule has 1 heterocycles. The Morgan fingerprint density at radius 1 is 1.62 bits per heavy atom. The lowest BCUT2D eigenvalue weighted by atomic mass is 10.3. The topological polar surface area (TPSA) is 68.0 Å². The molecule has 1 aromatic carbocycles. The minimum atomic E-state index is 0.00349. The second-order valence-corrected chi connectivity index (χ2v) is 5.42. The number of anilines is 1. The van der Waals surface area contributed by atoms with Crippen LogP contribution in [0.5, 0.6) is 0 Å². The summed E-state index contributed by atoms with van der Waals surface area (Å²) in [6.45, 7) is 0. The van der Waals surface area contributed by atoms with Crippen LogP contribution in [-0.2, 0) is 4.79 Å². The number of thioether (sulfide) groups is 1. The van der Waals surface area contributed by atoms with Crippen molar-refractivity contribution in [2.24, 2.45) is 0 Å². The van der Waals surface area contributed by atoms with Crippen LogP contribution in [-0.4, -0.2) is 23.7 Å². The standard InChI is InChI=1S/C10H11N3OS2/c1-12-9(14)5-15-10-13-7-3-2-6(11)4-8(7)16-10/h2-4H,5,11H2,1H3,(H,12,14). The molecule has 0 atom stereocenters. The molecule has 4 nitrogen and oxygen atoms in total. The molecule has 0 aliphatic carbocycles. The van der Waals surface area contributed by atoms with E-state index in [1.807, 2.05) is 18.2 Å². The molecule has 0 radical (unpaired) electrons. The lowest BCUT2D eigenvalue weighted by Crippen LogP contribution is -2.19. The Hall–Kier alpha value is -1.27. The lowest BCUT2D eigenvalue weighted by Gasteiger charge is -1.94. The Morgan fingerprint density at radius 3 is 3.19 bits per heavy atom. The SMILES string of the molecule is CNC(=O)CSc1nc2ccc(N)cc2s1. The van der Waals surface area contributed by atoms with Gasteiger partial charge in [-0.25, -0.2) is 4.98 Å². The van der Waals surface area contributed by atoms with Crippen LogP contribution in [0.1, 0.15) is 0 Å². The number of thiazole rings is 1. The summed E-state index contributed by atoms with van der Waals surface area (Å²) in [6.07, 6.45) is 0. The van der Waals surface area contributed by atoms with Crippen molar-refractivity contribution in [2.45, 2.75) is 4.34 Å². The molecule has 0 aliphatic rings. The van der Waals surface area contributed by atoms with Crippen LogP contribution in [0.15, 0.2) is 22.5 Å². The zero-order valence-electron chi connectivity index (χ0n) is 8.69. The van der Waals surface area contributed by atoms with Crippen molar-refractivity contribution in [3.8, 4) is 0 Å². The normalized spacial score (nSPS) is 10.6. The summed E-state index contributed by atoms with van der Waals surface area (Å²) >= 11 is 3.00. The maximum Gasteiger partial charge on any atom is 0.230 e. The number of fused-ring (bicyclic) bond motifs is 1. The highest BCUT2D eigenvalue weighted by molar-refractivity contribution is 8.01. The van der Waals surface area contributed by atoms with E-state index in [9.17, 15) is 4.79 Å². The molecule has 0 saturated carbocycles. The number of carbonyl (C=O) groups excluding carboxylic acids is 1. The first-order chi connectivity index (χ1) is 7.69. The fourth-order valence-corrected chi connectivity index (χ4v) is 3.17. The predicted octanol–water partition coefficient (Wildman–Crippen LogP) is 1.72. The quantitative estimate of drug-likeness (QED) is 0.645. The van der Waals surface area contributed by atoms with Crippen LogP contribution >= 0.6 is 23.1 Å². The molecule has 6 heteroatoms. The molecular formula is C10H11N3OS2. The molecule has 3 N–H and O–H groups in total. The van der Waals surface area contributed by atoms with E-state index >= 15 is 0 Å². The van der Waals surface area contributed by atoms with E-state index < -0.39 is 0 Å². The Bertz CT molecular complexity index is 524. The van der Waals surface area contributed by atoms with E-state index in [4.69, 9.17) is 5.73 Å². The van der Waals surface area contributed by atoms with Gasteiger partial charge < -0.3 is 11.1 Å². The molecule has 0 spiro atoms. The van der Waals surface area contributed by atoms with Crippen LogP contribution in [0.25, 0.3) is 10.2 Å². The molecule has 16 heavy (non-hydrogen) atoms. The summed E-state index contributed by atoms with van der Waals surface area (Å²) < 4.78 is 1.95. The van der Waals surface area contributed by atoms with Gasteiger partial charge in [0.15, 0.2) is 4.34 Å². The molecule has 2 rings (SSSR count). The number of nitrogens with one attached hydrogen (secondary N) is 1. The molecule has 1 amide bonds. The van der Waals surface area contributed by atoms with Crippen molar-refractivity contribution in [3.05, 3.63) is 18.2 Å². The average Bonchev–Trinajstić information content (AvgIpc) is 2.67. The molecule has 0 saturated heterocycles. The van der Waals surface area contributed by atoms with Gasteiger partial charge in [-0.05, 0) is 18.2 Å². The molecule has 84 valence electrons. The van der Waals surface area contributed by atoms with Crippen LogP contribution in [0.4, 0.5) is 5.69 Å². The maximum atomic E-state index is 11.1. The fraction of sp³-hybridized carbons (Fsp3) is 0.200. The van der Waals surface area contributed by atoms with Gasteiger partial charge in [0.1, 0.15) is 0 Å². The highest BCUT2D eigenvalue weighted by Gasteiger charge is 2.06. The van der Waals surface area contributed by atoms with Crippen molar-refractivity contribution in [1.29, 1.82) is 0 Å². The van der Waals surface area contributed by atoms with E-state index in [0.29, 0.717) is 5.75 Å². The van der Waals surface area contributed by atoms with Gasteiger partial charge in [0, 0.05) is 12.7 Å². The number of aromatic nitrogens is 1. The zero-order valence-corrected chi connectivity index (χ0v) is 10.3. The van der Waals surface area contributed by atoms with Crippen molar-refractivity contribution < 1.29 is 4.79 Å². The van der Waals surface area contributed by atoms with Crippen LogP contribution in [0.3, 0.4) is 0 Å². The summed E-state index contributed by atoms with van der Waals surface area (Å²) in [5.41, 5.74) is 7.35. The van der Waals surface area contributed by atoms with E-state index in [1.165, 1.54) is 11.8 Å². The first-order valence-corrected chi connectivity index (χ1v) is 6.48. The molecule has 0 bridgehead atoms. The number of hydrogen-bond acceptors (Lipinski definition) is 5. The minimum Gasteiger partial charge on any atom is -0.399 e. The van der Waals surface area contributed by atoms with Crippen molar-refractivity contribution >= 4 is 44.9 Å². The lowest BCUT2D eigenvalue weighted by molar-refractivity contribution is -0.118. The molecule has 0 unspecified atom stereocenters. The minimum absolute atomic E-state index is 0.00349. The van der Waals surface area contributed by atoms with Gasteiger partial charge >= 0.3 is 0 Å². The first kappa shape index (κ1) is 11.2. The highest BCUT2D eigenvalue weighted by Crippen LogP contribution is 2.30. The van der Waals surface area contributed by atoms with Crippen LogP contribution < -0.4 is 11.1 Å². The van der Waals surface area contributed by atoms with E-state index in [0.717, 1.165) is 20.2 Å². The Kier molecular flexibility index (Phi) is 3.31. The third-order valence-electron chi connectivity index (χ3n) is 2.00. The van der Waals surface area contributed by atoms with Gasteiger partial charge in [0.05, 0.1) is 16.0 Å². The van der Waals surface area contributed by atoms with Gasteiger partial charge in [-0.2, -0.15) is 0 Å². The van der Waals surface area contributed by atoms with Crippen molar-refractivity contribution in [3.63, 3.8) is 0 Å². The molecular weight excluding hydrogens is 242 g/mol. The number of rotatable bonds is 3. The van der Waals surface area contributed by atoms with E-state index in [1.54, 1.807) is 18.4 Å². The largest absolute Gasteiger partial charge is 0.399 e. The number of carbonyl (C=O) groups is 1. The van der Waals surface area contributed by atoms with E-state index in [-0.39, 0.29) is 5.91 Å². The Morgan fingerprint density at radius 2 is 2.44 bits per heavy atom. The summed E-state index contributed by atoms with van der Waals surface area (Å²) in [5, 5.41) is 2.58. The number of nitrogen functional groups attached to an aromatic ring is 1. The Balaban J connectivity index is 2.16. The summed E-state index contributed by atoms with van der Waals surface area (Å²) in [7, 11) is 1.63. The number of amides is 1. The maximum absolute atomic E-state index is 11.1. The van der Waals surface area contributed by atoms with Crippen LogP contribution in [0, 0.1) is 0 Å². The zero-order chi connectivity index (χ0) is 11.5. The third-order valence-corrected chi connectivity index (χ3v) is 4.16. The molecule has 2 aromatic rings. The van der Waals surface area contributed by atoms with E-state index in [2.05, 4.69) is 10.3 Å². The predicted molar refractivity (Wildman–Crippen MR) is 68.8 cm³/mol. The van der Waals surface area contributed by atoms with Gasteiger partial charge in [-0.3, -0.25) is 4.79 Å². The fourth-order valence-electron chi connectivity index (χ4n) is 1.18. The number of nitrogens with zero attached hydrogens (tertiary/aromatic N) is 1. The van der Waals surface area contributed by atoms with Gasteiger partial charge in [-0.1, -0.05) is 11.8 Å². The van der Waals surface area contributed by atoms with Crippen molar-refractivity contribution in [2.75, 3.05) is 18.5 Å². The first-order valence-electron chi connectivity index (χ1n) is 4.68. The van der Waals surface area contributed by atoms with Crippen molar-refractivity contribution in [1.82, 2.24) is 10.3 Å². The smallest absolute Gasteiger partial charge is 0.230 e. The summed E-state index contributed by atoms with van der Waals surface area (Å²) in [5.74, 6) is 0.398. The second-order valence-electron chi connectivity index (χ2n) is 3.17. The third kappa shape index (κ3) is 2.45. The number of hydrogen-bond donors (Lipinski definition) is 2. The molecule has 0 aliphatic heterocycles. The Labute approximate surface area is 101 Å². The number of benzene rings is 1. The van der Waals surface area contributed by atoms with Gasteiger partial charge in [-0.15, -0.1) is 11.3 Å².